The number of aryl methyl sites for hydroxylation is 1. The minimum absolute atomic E-state index is 0.126. The standard InChI is InChI=1S/C14H17N7O/c1-14(2,3)21-8-9(18-19-21)5-6-11-16-12-10(13(22)17-11)7-15-20(12)4/h5-8H,1-4H3,(H,16,17,22). The van der Waals surface area contributed by atoms with Crippen LogP contribution in [0.1, 0.15) is 32.3 Å². The molecule has 0 unspecified atom stereocenters. The molecule has 0 atom stereocenters. The summed E-state index contributed by atoms with van der Waals surface area (Å²) in [6.07, 6.45) is 6.81. The Kier molecular flexibility index (Phi) is 3.16. The Balaban J connectivity index is 1.94. The van der Waals surface area contributed by atoms with Crippen LogP contribution in [0.5, 0.6) is 0 Å². The molecule has 3 rings (SSSR count). The van der Waals surface area contributed by atoms with Gasteiger partial charge >= 0.3 is 0 Å². The van der Waals surface area contributed by atoms with Gasteiger partial charge in [0.05, 0.1) is 17.9 Å². The maximum atomic E-state index is 11.9. The molecule has 0 amide bonds. The Labute approximate surface area is 126 Å². The summed E-state index contributed by atoms with van der Waals surface area (Å²) in [5.41, 5.74) is 0.903. The lowest BCUT2D eigenvalue weighted by Gasteiger charge is -2.17. The van der Waals surface area contributed by atoms with Gasteiger partial charge in [0.2, 0.25) is 0 Å². The zero-order chi connectivity index (χ0) is 15.9. The quantitative estimate of drug-likeness (QED) is 0.766. The molecule has 0 aromatic carbocycles. The zero-order valence-electron chi connectivity index (χ0n) is 12.9. The van der Waals surface area contributed by atoms with Crippen molar-refractivity contribution in [3.63, 3.8) is 0 Å². The lowest BCUT2D eigenvalue weighted by Crippen LogP contribution is -2.22. The van der Waals surface area contributed by atoms with Crippen molar-refractivity contribution in [3.05, 3.63) is 34.3 Å². The molecular formula is C14H17N7O. The van der Waals surface area contributed by atoms with Crippen LogP contribution in [0.25, 0.3) is 23.2 Å². The Morgan fingerprint density at radius 3 is 2.73 bits per heavy atom. The highest BCUT2D eigenvalue weighted by Crippen LogP contribution is 2.13. The molecule has 3 heterocycles. The Morgan fingerprint density at radius 1 is 1.27 bits per heavy atom. The third kappa shape index (κ3) is 2.54. The molecule has 8 heteroatoms. The number of rotatable bonds is 2. The fourth-order valence-electron chi connectivity index (χ4n) is 1.97. The second kappa shape index (κ2) is 4.90. The van der Waals surface area contributed by atoms with Crippen LogP contribution >= 0.6 is 0 Å². The number of fused-ring (bicyclic) bond motifs is 1. The Hall–Kier alpha value is -2.77. The van der Waals surface area contributed by atoms with Crippen LogP contribution in [-0.2, 0) is 12.6 Å². The average molecular weight is 299 g/mol. The molecule has 22 heavy (non-hydrogen) atoms. The smallest absolute Gasteiger partial charge is 0.262 e. The van der Waals surface area contributed by atoms with Crippen LogP contribution in [0.3, 0.4) is 0 Å². The highest BCUT2D eigenvalue weighted by atomic mass is 16.1. The first kappa shape index (κ1) is 14.2. The van der Waals surface area contributed by atoms with Gasteiger partial charge in [-0.1, -0.05) is 5.21 Å². The van der Waals surface area contributed by atoms with Crippen molar-refractivity contribution in [1.29, 1.82) is 0 Å². The predicted octanol–water partition coefficient (Wildman–Crippen LogP) is 1.17. The van der Waals surface area contributed by atoms with Crippen molar-refractivity contribution in [2.75, 3.05) is 0 Å². The van der Waals surface area contributed by atoms with Gasteiger partial charge in [0.15, 0.2) is 5.65 Å². The van der Waals surface area contributed by atoms with E-state index in [-0.39, 0.29) is 11.1 Å². The second-order valence-electron chi connectivity index (χ2n) is 6.05. The molecule has 0 saturated carbocycles. The molecule has 3 aromatic heterocycles. The number of hydrogen-bond acceptors (Lipinski definition) is 5. The molecular weight excluding hydrogens is 282 g/mol. The highest BCUT2D eigenvalue weighted by Gasteiger charge is 2.14. The van der Waals surface area contributed by atoms with E-state index in [0.717, 1.165) is 0 Å². The van der Waals surface area contributed by atoms with Crippen molar-refractivity contribution < 1.29 is 0 Å². The molecule has 1 N–H and O–H groups in total. The molecule has 0 aliphatic heterocycles. The third-order valence-corrected chi connectivity index (χ3v) is 3.23. The largest absolute Gasteiger partial charge is 0.306 e. The lowest BCUT2D eigenvalue weighted by molar-refractivity contribution is 0.347. The van der Waals surface area contributed by atoms with E-state index in [1.54, 1.807) is 28.6 Å². The van der Waals surface area contributed by atoms with Crippen molar-refractivity contribution in [2.24, 2.45) is 7.05 Å². The van der Waals surface area contributed by atoms with Crippen LogP contribution in [0.15, 0.2) is 17.2 Å². The Morgan fingerprint density at radius 2 is 2.05 bits per heavy atom. The molecule has 0 aliphatic rings. The highest BCUT2D eigenvalue weighted by molar-refractivity contribution is 5.75. The molecule has 114 valence electrons. The third-order valence-electron chi connectivity index (χ3n) is 3.23. The van der Waals surface area contributed by atoms with Crippen molar-refractivity contribution in [2.45, 2.75) is 26.3 Å². The lowest BCUT2D eigenvalue weighted by atomic mass is 10.1. The summed E-state index contributed by atoms with van der Waals surface area (Å²) in [6, 6.07) is 0. The van der Waals surface area contributed by atoms with E-state index in [1.807, 2.05) is 27.0 Å². The summed E-state index contributed by atoms with van der Waals surface area (Å²) in [5.74, 6) is 0.450. The van der Waals surface area contributed by atoms with Gasteiger partial charge in [-0.15, -0.1) is 5.10 Å². The van der Waals surface area contributed by atoms with Gasteiger partial charge in [-0.05, 0) is 32.9 Å². The van der Waals surface area contributed by atoms with Crippen molar-refractivity contribution in [3.8, 4) is 0 Å². The predicted molar refractivity (Wildman–Crippen MR) is 83.1 cm³/mol. The number of nitrogens with one attached hydrogen (secondary N) is 1. The van der Waals surface area contributed by atoms with Crippen molar-refractivity contribution in [1.82, 2.24) is 34.7 Å². The SMILES string of the molecule is Cn1ncc2c(=O)[nH]c(C=Cc3cn(C(C)(C)C)nn3)nc21. The summed E-state index contributed by atoms with van der Waals surface area (Å²) in [5, 5.41) is 12.7. The topological polar surface area (TPSA) is 94.3 Å². The van der Waals surface area contributed by atoms with Gasteiger partial charge in [-0.2, -0.15) is 5.10 Å². The number of aromatic nitrogens is 7. The molecule has 0 saturated heterocycles. The Bertz CT molecular complexity index is 907. The van der Waals surface area contributed by atoms with E-state index >= 15 is 0 Å². The van der Waals surface area contributed by atoms with E-state index in [2.05, 4.69) is 25.4 Å². The first-order valence-corrected chi connectivity index (χ1v) is 6.87. The summed E-state index contributed by atoms with van der Waals surface area (Å²) < 4.78 is 3.35. The van der Waals surface area contributed by atoms with Gasteiger partial charge in [-0.3, -0.25) is 9.48 Å². The summed E-state index contributed by atoms with van der Waals surface area (Å²) in [6.45, 7) is 6.14. The van der Waals surface area contributed by atoms with E-state index in [4.69, 9.17) is 0 Å². The van der Waals surface area contributed by atoms with Crippen molar-refractivity contribution >= 4 is 23.2 Å². The molecule has 0 bridgehead atoms. The summed E-state index contributed by atoms with van der Waals surface area (Å²) >= 11 is 0. The fraction of sp³-hybridized carbons (Fsp3) is 0.357. The molecule has 8 nitrogen and oxygen atoms in total. The summed E-state index contributed by atoms with van der Waals surface area (Å²) in [7, 11) is 1.75. The maximum Gasteiger partial charge on any atom is 0.262 e. The number of aromatic amines is 1. The molecule has 0 spiro atoms. The number of hydrogen-bond donors (Lipinski definition) is 1. The molecule has 0 aliphatic carbocycles. The van der Waals surface area contributed by atoms with E-state index < -0.39 is 0 Å². The van der Waals surface area contributed by atoms with Gasteiger partial charge in [0, 0.05) is 7.05 Å². The van der Waals surface area contributed by atoms with Crippen LogP contribution in [0.4, 0.5) is 0 Å². The molecule has 3 aromatic rings. The van der Waals surface area contributed by atoms with E-state index in [1.165, 1.54) is 6.20 Å². The first-order valence-electron chi connectivity index (χ1n) is 6.87. The van der Waals surface area contributed by atoms with Gasteiger partial charge in [-0.25, -0.2) is 9.67 Å². The number of H-pyrrole nitrogens is 1. The van der Waals surface area contributed by atoms with Crippen LogP contribution in [0.2, 0.25) is 0 Å². The minimum atomic E-state index is -0.212. The van der Waals surface area contributed by atoms with Gasteiger partial charge < -0.3 is 4.98 Å². The molecule has 0 fully saturated rings. The van der Waals surface area contributed by atoms with Crippen LogP contribution in [0, 0.1) is 0 Å². The van der Waals surface area contributed by atoms with Gasteiger partial charge in [0.25, 0.3) is 5.56 Å². The van der Waals surface area contributed by atoms with E-state index in [9.17, 15) is 4.79 Å². The summed E-state index contributed by atoms with van der Waals surface area (Å²) in [4.78, 5) is 19.0. The maximum absolute atomic E-state index is 11.9. The zero-order valence-corrected chi connectivity index (χ0v) is 12.9. The normalized spacial score (nSPS) is 12.5. The minimum Gasteiger partial charge on any atom is -0.306 e. The van der Waals surface area contributed by atoms with Crippen LogP contribution < -0.4 is 5.56 Å². The van der Waals surface area contributed by atoms with E-state index in [0.29, 0.717) is 22.6 Å². The fourth-order valence-corrected chi connectivity index (χ4v) is 1.97. The van der Waals surface area contributed by atoms with Gasteiger partial charge in [0.1, 0.15) is 16.9 Å². The van der Waals surface area contributed by atoms with Crippen LogP contribution in [-0.4, -0.2) is 34.7 Å². The number of nitrogens with zero attached hydrogens (tertiary/aromatic N) is 6. The second-order valence-corrected chi connectivity index (χ2v) is 6.05. The average Bonchev–Trinajstić information content (AvgIpc) is 3.04. The first-order chi connectivity index (χ1) is 10.3. The monoisotopic (exact) mass is 299 g/mol. The molecule has 0 radical (unpaired) electrons.